The molecule has 1 unspecified atom stereocenters. The first-order valence-corrected chi connectivity index (χ1v) is 11.0. The first-order valence-electron chi connectivity index (χ1n) is 10.2. The van der Waals surface area contributed by atoms with E-state index in [0.29, 0.717) is 33.5 Å². The lowest BCUT2D eigenvalue weighted by molar-refractivity contribution is -0.139. The number of hydrogen-bond donors (Lipinski definition) is 1. The van der Waals surface area contributed by atoms with Gasteiger partial charge in [0, 0.05) is 40.7 Å². The Morgan fingerprint density at radius 1 is 1.00 bits per heavy atom. The number of rotatable bonds is 8. The number of carboxylic acid groups (broad SMARTS) is 1. The summed E-state index contributed by atoms with van der Waals surface area (Å²) in [5.74, 6) is -0.159. The van der Waals surface area contributed by atoms with Crippen LogP contribution in [0.1, 0.15) is 37.3 Å². The summed E-state index contributed by atoms with van der Waals surface area (Å²) in [6, 6.07) is 10.2. The molecule has 0 radical (unpaired) electrons. The fraction of sp³-hybridized carbons (Fsp3) is 0.391. The molecule has 2 aromatic rings. The number of hydrogen-bond acceptors (Lipinski definition) is 4. The van der Waals surface area contributed by atoms with E-state index in [1.165, 1.54) is 0 Å². The molecule has 1 atom stereocenters. The highest BCUT2D eigenvalue weighted by atomic mass is 35.5. The summed E-state index contributed by atoms with van der Waals surface area (Å²) < 4.78 is 11.4. The van der Waals surface area contributed by atoms with Crippen LogP contribution in [0.4, 0.5) is 0 Å². The van der Waals surface area contributed by atoms with Gasteiger partial charge in [-0.05, 0) is 62.6 Å². The quantitative estimate of drug-likeness (QED) is 0.604. The van der Waals surface area contributed by atoms with Crippen molar-refractivity contribution in [3.05, 3.63) is 57.6 Å². The molecule has 2 aromatic carbocycles. The number of likely N-dealkylation sites (tertiary alicyclic amines) is 1. The zero-order valence-corrected chi connectivity index (χ0v) is 18.8. The first-order chi connectivity index (χ1) is 14.8. The Morgan fingerprint density at radius 3 is 2.19 bits per heavy atom. The van der Waals surface area contributed by atoms with Gasteiger partial charge in [0.05, 0.1) is 0 Å². The zero-order chi connectivity index (χ0) is 22.4. The molecule has 8 heteroatoms. The largest absolute Gasteiger partial charge is 0.482 e. The molecule has 1 saturated heterocycles. The van der Waals surface area contributed by atoms with Gasteiger partial charge in [0.25, 0.3) is 5.91 Å². The third kappa shape index (κ3) is 6.52. The predicted octanol–water partition coefficient (Wildman–Crippen LogP) is 4.83. The normalized spacial score (nSPS) is 14.7. The summed E-state index contributed by atoms with van der Waals surface area (Å²) in [6.45, 7) is 2.80. The van der Waals surface area contributed by atoms with Gasteiger partial charge < -0.3 is 19.5 Å². The van der Waals surface area contributed by atoms with Crippen LogP contribution in [0.5, 0.6) is 11.5 Å². The number of piperidine rings is 1. The number of carbonyl (C=O) groups excluding carboxylic acids is 1. The molecule has 1 aliphatic rings. The summed E-state index contributed by atoms with van der Waals surface area (Å²) in [4.78, 5) is 25.5. The number of benzene rings is 2. The second kappa shape index (κ2) is 10.7. The maximum atomic E-state index is 12.8. The van der Waals surface area contributed by atoms with Gasteiger partial charge in [0.2, 0.25) is 0 Å². The Kier molecular flexibility index (Phi) is 8.04. The van der Waals surface area contributed by atoms with Crippen LogP contribution in [0.25, 0.3) is 0 Å². The molecule has 3 rings (SSSR count). The van der Waals surface area contributed by atoms with E-state index in [1.54, 1.807) is 43.3 Å². The molecular formula is C23H25Cl2NO5. The summed E-state index contributed by atoms with van der Waals surface area (Å²) in [7, 11) is 0. The molecule has 1 amide bonds. The second-order valence-electron chi connectivity index (χ2n) is 7.51. The first kappa shape index (κ1) is 23.2. The highest BCUT2D eigenvalue weighted by molar-refractivity contribution is 6.31. The van der Waals surface area contributed by atoms with E-state index in [-0.39, 0.29) is 5.91 Å². The molecular weight excluding hydrogens is 441 g/mol. The standard InChI is InChI=1S/C23H25Cl2NO5/c1-15(23(29)26-9-3-2-4-10-26)31-21-8-6-19(25)13-17(21)11-16-12-18(24)5-7-20(16)30-14-22(27)28/h5-8,12-13,15H,2-4,9-11,14H2,1H3,(H,27,28). The minimum atomic E-state index is -1.07. The topological polar surface area (TPSA) is 76.1 Å². The Morgan fingerprint density at radius 2 is 1.58 bits per heavy atom. The van der Waals surface area contributed by atoms with Crippen LogP contribution in [-0.2, 0) is 16.0 Å². The van der Waals surface area contributed by atoms with Gasteiger partial charge in [-0.1, -0.05) is 23.2 Å². The lowest BCUT2D eigenvalue weighted by Gasteiger charge is -2.29. The third-order valence-corrected chi connectivity index (χ3v) is 5.57. The Balaban J connectivity index is 1.81. The van der Waals surface area contributed by atoms with E-state index < -0.39 is 18.7 Å². The summed E-state index contributed by atoms with van der Waals surface area (Å²) in [6.07, 6.45) is 2.87. The monoisotopic (exact) mass is 465 g/mol. The average molecular weight is 466 g/mol. The summed E-state index contributed by atoms with van der Waals surface area (Å²) in [5.41, 5.74) is 1.43. The van der Waals surface area contributed by atoms with Crippen molar-refractivity contribution in [3.63, 3.8) is 0 Å². The molecule has 0 aromatic heterocycles. The second-order valence-corrected chi connectivity index (χ2v) is 8.38. The van der Waals surface area contributed by atoms with Crippen molar-refractivity contribution in [1.29, 1.82) is 0 Å². The molecule has 0 bridgehead atoms. The molecule has 0 spiro atoms. The number of amides is 1. The number of carboxylic acids is 1. The lowest BCUT2D eigenvalue weighted by atomic mass is 10.0. The van der Waals surface area contributed by atoms with Crippen molar-refractivity contribution in [2.45, 2.75) is 38.7 Å². The van der Waals surface area contributed by atoms with Gasteiger partial charge in [-0.3, -0.25) is 4.79 Å². The maximum absolute atomic E-state index is 12.8. The highest BCUT2D eigenvalue weighted by Crippen LogP contribution is 2.31. The third-order valence-electron chi connectivity index (χ3n) is 5.10. The van der Waals surface area contributed by atoms with Gasteiger partial charge in [0.1, 0.15) is 11.5 Å². The minimum Gasteiger partial charge on any atom is -0.482 e. The van der Waals surface area contributed by atoms with Crippen LogP contribution in [0.2, 0.25) is 10.0 Å². The predicted molar refractivity (Wildman–Crippen MR) is 119 cm³/mol. The van der Waals surface area contributed by atoms with Crippen molar-refractivity contribution in [2.75, 3.05) is 19.7 Å². The van der Waals surface area contributed by atoms with Crippen LogP contribution in [-0.4, -0.2) is 47.7 Å². The van der Waals surface area contributed by atoms with Gasteiger partial charge in [-0.25, -0.2) is 4.79 Å². The van der Waals surface area contributed by atoms with Crippen LogP contribution in [0, 0.1) is 0 Å². The fourth-order valence-electron chi connectivity index (χ4n) is 3.59. The van der Waals surface area contributed by atoms with Crippen LogP contribution < -0.4 is 9.47 Å². The lowest BCUT2D eigenvalue weighted by Crippen LogP contribution is -2.43. The van der Waals surface area contributed by atoms with Crippen LogP contribution >= 0.6 is 23.2 Å². The molecule has 1 aliphatic heterocycles. The SMILES string of the molecule is CC(Oc1ccc(Cl)cc1Cc1cc(Cl)ccc1OCC(=O)O)C(=O)N1CCCCC1. The summed E-state index contributed by atoms with van der Waals surface area (Å²) in [5, 5.41) is 9.94. The van der Waals surface area contributed by atoms with E-state index in [9.17, 15) is 9.59 Å². The van der Waals surface area contributed by atoms with E-state index in [1.807, 2.05) is 4.90 Å². The van der Waals surface area contributed by atoms with E-state index in [0.717, 1.165) is 37.9 Å². The van der Waals surface area contributed by atoms with Crippen LogP contribution in [0.15, 0.2) is 36.4 Å². The number of nitrogens with zero attached hydrogens (tertiary/aromatic N) is 1. The van der Waals surface area contributed by atoms with Crippen LogP contribution in [0.3, 0.4) is 0 Å². The van der Waals surface area contributed by atoms with Crippen molar-refractivity contribution in [2.24, 2.45) is 0 Å². The molecule has 1 fully saturated rings. The van der Waals surface area contributed by atoms with E-state index in [2.05, 4.69) is 0 Å². The molecule has 31 heavy (non-hydrogen) atoms. The number of aliphatic carboxylic acids is 1. The van der Waals surface area contributed by atoms with E-state index >= 15 is 0 Å². The maximum Gasteiger partial charge on any atom is 0.341 e. The minimum absolute atomic E-state index is 0.0335. The van der Waals surface area contributed by atoms with Crippen molar-refractivity contribution in [1.82, 2.24) is 4.90 Å². The fourth-order valence-corrected chi connectivity index (χ4v) is 3.97. The van der Waals surface area contributed by atoms with Crippen molar-refractivity contribution >= 4 is 35.1 Å². The van der Waals surface area contributed by atoms with Gasteiger partial charge in [-0.15, -0.1) is 0 Å². The van der Waals surface area contributed by atoms with Gasteiger partial charge in [0.15, 0.2) is 12.7 Å². The molecule has 0 aliphatic carbocycles. The number of halogens is 2. The van der Waals surface area contributed by atoms with Gasteiger partial charge >= 0.3 is 5.97 Å². The van der Waals surface area contributed by atoms with E-state index in [4.69, 9.17) is 37.8 Å². The Hall–Kier alpha value is -2.44. The number of ether oxygens (including phenoxy) is 2. The van der Waals surface area contributed by atoms with Crippen molar-refractivity contribution < 1.29 is 24.2 Å². The molecule has 1 N–H and O–H groups in total. The molecule has 6 nitrogen and oxygen atoms in total. The van der Waals surface area contributed by atoms with Gasteiger partial charge in [-0.2, -0.15) is 0 Å². The Bertz CT molecular complexity index is 944. The molecule has 1 heterocycles. The smallest absolute Gasteiger partial charge is 0.341 e. The Labute approximate surface area is 191 Å². The molecule has 166 valence electrons. The average Bonchev–Trinajstić information content (AvgIpc) is 2.75. The zero-order valence-electron chi connectivity index (χ0n) is 17.3. The highest BCUT2D eigenvalue weighted by Gasteiger charge is 2.24. The summed E-state index contributed by atoms with van der Waals surface area (Å²) >= 11 is 12.4. The number of carbonyl (C=O) groups is 2. The molecule has 0 saturated carbocycles. The van der Waals surface area contributed by atoms with Crippen molar-refractivity contribution in [3.8, 4) is 11.5 Å².